The van der Waals surface area contributed by atoms with E-state index in [1.54, 1.807) is 0 Å². The smallest absolute Gasteiger partial charge is 0.0363 e. The molecule has 1 saturated heterocycles. The predicted octanol–water partition coefficient (Wildman–Crippen LogP) is 1.24. The van der Waals surface area contributed by atoms with E-state index >= 15 is 0 Å². The molecule has 100 valence electrons. The molecule has 0 amide bonds. The molecule has 1 heterocycles. The number of nitrogens with one attached hydrogen (secondary N) is 1. The number of nitrogens with two attached hydrogens (primary N) is 1. The Bertz CT molecular complexity index is 363. The molecule has 1 aliphatic heterocycles. The zero-order valence-electron chi connectivity index (χ0n) is 11.4. The van der Waals surface area contributed by atoms with Gasteiger partial charge in [-0.05, 0) is 37.7 Å². The number of hydrogen-bond acceptors (Lipinski definition) is 4. The summed E-state index contributed by atoms with van der Waals surface area (Å²) < 4.78 is 0. The fourth-order valence-corrected chi connectivity index (χ4v) is 2.34. The second-order valence-electron chi connectivity index (χ2n) is 5.20. The quantitative estimate of drug-likeness (QED) is 0.787. The topological polar surface area (TPSA) is 44.5 Å². The van der Waals surface area contributed by atoms with Crippen LogP contribution in [0.4, 0.5) is 11.4 Å². The maximum absolute atomic E-state index is 5.83. The Hall–Kier alpha value is -1.26. The molecular formula is C14H24N4. The van der Waals surface area contributed by atoms with E-state index in [1.165, 1.54) is 31.7 Å². The molecule has 1 aromatic rings. The first kappa shape index (κ1) is 13.2. The molecule has 0 aliphatic carbocycles. The van der Waals surface area contributed by atoms with Crippen LogP contribution in [0.3, 0.4) is 0 Å². The van der Waals surface area contributed by atoms with Gasteiger partial charge in [-0.3, -0.25) is 4.90 Å². The van der Waals surface area contributed by atoms with Crippen molar-refractivity contribution in [1.82, 2.24) is 9.80 Å². The van der Waals surface area contributed by atoms with Crippen molar-refractivity contribution in [2.45, 2.75) is 6.92 Å². The van der Waals surface area contributed by atoms with E-state index in [-0.39, 0.29) is 0 Å². The zero-order valence-corrected chi connectivity index (χ0v) is 11.4. The number of rotatable bonds is 4. The van der Waals surface area contributed by atoms with E-state index in [0.717, 1.165) is 24.5 Å². The molecule has 4 heteroatoms. The Balaban J connectivity index is 1.74. The van der Waals surface area contributed by atoms with E-state index in [4.69, 9.17) is 5.73 Å². The molecule has 0 aromatic heterocycles. The Labute approximate surface area is 110 Å². The number of anilines is 2. The highest BCUT2D eigenvalue weighted by Crippen LogP contribution is 2.15. The molecule has 0 bridgehead atoms. The number of aryl methyl sites for hydroxylation is 1. The number of hydrogen-bond donors (Lipinski definition) is 2. The van der Waals surface area contributed by atoms with Crippen molar-refractivity contribution in [2.24, 2.45) is 0 Å². The van der Waals surface area contributed by atoms with E-state index in [9.17, 15) is 0 Å². The van der Waals surface area contributed by atoms with Gasteiger partial charge in [-0.1, -0.05) is 0 Å². The molecule has 2 rings (SSSR count). The van der Waals surface area contributed by atoms with Crippen LogP contribution >= 0.6 is 0 Å². The fourth-order valence-electron chi connectivity index (χ4n) is 2.34. The van der Waals surface area contributed by atoms with Crippen LogP contribution in [0.15, 0.2) is 18.2 Å². The van der Waals surface area contributed by atoms with Gasteiger partial charge in [-0.2, -0.15) is 0 Å². The Morgan fingerprint density at radius 3 is 2.56 bits per heavy atom. The van der Waals surface area contributed by atoms with Crippen molar-refractivity contribution >= 4 is 11.4 Å². The van der Waals surface area contributed by atoms with Gasteiger partial charge < -0.3 is 16.0 Å². The van der Waals surface area contributed by atoms with Crippen molar-refractivity contribution in [3.05, 3.63) is 23.8 Å². The van der Waals surface area contributed by atoms with Gasteiger partial charge in [-0.25, -0.2) is 0 Å². The second kappa shape index (κ2) is 6.07. The summed E-state index contributed by atoms with van der Waals surface area (Å²) in [5, 5.41) is 3.45. The van der Waals surface area contributed by atoms with Gasteiger partial charge in [-0.15, -0.1) is 0 Å². The number of nitrogens with zero attached hydrogens (tertiary/aromatic N) is 2. The van der Waals surface area contributed by atoms with Crippen LogP contribution in [0.25, 0.3) is 0 Å². The highest BCUT2D eigenvalue weighted by molar-refractivity contribution is 5.56. The van der Waals surface area contributed by atoms with E-state index < -0.39 is 0 Å². The van der Waals surface area contributed by atoms with Crippen molar-refractivity contribution in [3.8, 4) is 0 Å². The average molecular weight is 248 g/mol. The van der Waals surface area contributed by atoms with Gasteiger partial charge in [0.05, 0.1) is 0 Å². The molecule has 18 heavy (non-hydrogen) atoms. The van der Waals surface area contributed by atoms with Crippen LogP contribution < -0.4 is 11.1 Å². The Morgan fingerprint density at radius 1 is 1.17 bits per heavy atom. The van der Waals surface area contributed by atoms with Crippen LogP contribution in [0.2, 0.25) is 0 Å². The highest BCUT2D eigenvalue weighted by Gasteiger charge is 2.12. The summed E-state index contributed by atoms with van der Waals surface area (Å²) in [5.41, 5.74) is 9.00. The third-order valence-corrected chi connectivity index (χ3v) is 3.45. The van der Waals surface area contributed by atoms with Crippen LogP contribution in [-0.2, 0) is 0 Å². The lowest BCUT2D eigenvalue weighted by molar-refractivity contribution is 0.158. The van der Waals surface area contributed by atoms with Crippen molar-refractivity contribution in [1.29, 1.82) is 0 Å². The third kappa shape index (κ3) is 3.89. The first-order valence-corrected chi connectivity index (χ1v) is 6.65. The lowest BCUT2D eigenvalue weighted by Crippen LogP contribution is -2.45. The van der Waals surface area contributed by atoms with Crippen molar-refractivity contribution in [3.63, 3.8) is 0 Å². The van der Waals surface area contributed by atoms with Crippen LogP contribution in [0.5, 0.6) is 0 Å². The summed E-state index contributed by atoms with van der Waals surface area (Å²) in [5.74, 6) is 0. The third-order valence-electron chi connectivity index (χ3n) is 3.45. The number of piperazine rings is 1. The SMILES string of the molecule is Cc1cc(N)cc(NCCN2CCN(C)CC2)c1. The van der Waals surface area contributed by atoms with Gasteiger partial charge in [0.2, 0.25) is 0 Å². The Kier molecular flexibility index (Phi) is 4.44. The summed E-state index contributed by atoms with van der Waals surface area (Å²) >= 11 is 0. The molecule has 0 unspecified atom stereocenters. The summed E-state index contributed by atoms with van der Waals surface area (Å²) in [6.45, 7) is 8.85. The first-order chi connectivity index (χ1) is 8.63. The van der Waals surface area contributed by atoms with Gasteiger partial charge in [0.25, 0.3) is 0 Å². The molecule has 1 aromatic carbocycles. The normalized spacial score (nSPS) is 17.9. The first-order valence-electron chi connectivity index (χ1n) is 6.65. The highest BCUT2D eigenvalue weighted by atomic mass is 15.2. The van der Waals surface area contributed by atoms with Gasteiger partial charge in [0.15, 0.2) is 0 Å². The maximum atomic E-state index is 5.83. The van der Waals surface area contributed by atoms with Gasteiger partial charge in [0.1, 0.15) is 0 Å². The standard InChI is InChI=1S/C14H24N4/c1-12-9-13(15)11-14(10-12)16-3-4-18-7-5-17(2)6-8-18/h9-11,16H,3-8,15H2,1-2H3. The molecule has 1 aliphatic rings. The van der Waals surface area contributed by atoms with E-state index in [0.29, 0.717) is 0 Å². The molecule has 0 spiro atoms. The molecule has 0 atom stereocenters. The van der Waals surface area contributed by atoms with Gasteiger partial charge in [0, 0.05) is 50.6 Å². The number of nitrogen functional groups attached to an aromatic ring is 1. The summed E-state index contributed by atoms with van der Waals surface area (Å²) in [4.78, 5) is 4.89. The lowest BCUT2D eigenvalue weighted by Gasteiger charge is -2.32. The summed E-state index contributed by atoms with van der Waals surface area (Å²) in [6, 6.07) is 6.13. The monoisotopic (exact) mass is 248 g/mol. The van der Waals surface area contributed by atoms with Crippen LogP contribution in [0, 0.1) is 6.92 Å². The molecule has 1 fully saturated rings. The van der Waals surface area contributed by atoms with Crippen molar-refractivity contribution in [2.75, 3.05) is 57.4 Å². The largest absolute Gasteiger partial charge is 0.399 e. The van der Waals surface area contributed by atoms with E-state index in [1.807, 2.05) is 12.1 Å². The molecular weight excluding hydrogens is 224 g/mol. The number of likely N-dealkylation sites (N-methyl/N-ethyl adjacent to an activating group) is 1. The minimum absolute atomic E-state index is 0.831. The fraction of sp³-hybridized carbons (Fsp3) is 0.571. The molecule has 4 nitrogen and oxygen atoms in total. The number of benzene rings is 1. The molecule has 0 saturated carbocycles. The maximum Gasteiger partial charge on any atom is 0.0363 e. The minimum Gasteiger partial charge on any atom is -0.399 e. The second-order valence-corrected chi connectivity index (χ2v) is 5.20. The Morgan fingerprint density at radius 2 is 1.89 bits per heavy atom. The van der Waals surface area contributed by atoms with Crippen LogP contribution in [0.1, 0.15) is 5.56 Å². The van der Waals surface area contributed by atoms with E-state index in [2.05, 4.69) is 35.2 Å². The average Bonchev–Trinajstić information content (AvgIpc) is 2.30. The summed E-state index contributed by atoms with van der Waals surface area (Å²) in [7, 11) is 2.19. The minimum atomic E-state index is 0.831. The summed E-state index contributed by atoms with van der Waals surface area (Å²) in [6.07, 6.45) is 0. The van der Waals surface area contributed by atoms with Crippen LogP contribution in [-0.4, -0.2) is 56.1 Å². The lowest BCUT2D eigenvalue weighted by atomic mass is 10.2. The molecule has 3 N–H and O–H groups in total. The molecule has 0 radical (unpaired) electrons. The van der Waals surface area contributed by atoms with Crippen molar-refractivity contribution < 1.29 is 0 Å². The van der Waals surface area contributed by atoms with Gasteiger partial charge >= 0.3 is 0 Å². The zero-order chi connectivity index (χ0) is 13.0. The predicted molar refractivity (Wildman–Crippen MR) is 78.0 cm³/mol.